The van der Waals surface area contributed by atoms with E-state index in [0.29, 0.717) is 26.3 Å². The van der Waals surface area contributed by atoms with E-state index in [2.05, 4.69) is 5.32 Å². The Labute approximate surface area is 113 Å². The van der Waals surface area contributed by atoms with E-state index >= 15 is 0 Å². The summed E-state index contributed by atoms with van der Waals surface area (Å²) in [5, 5.41) is 3.01. The minimum Gasteiger partial charge on any atom is -0.450 e. The molecular formula is C13H22N2O4. The van der Waals surface area contributed by atoms with Gasteiger partial charge in [0.05, 0.1) is 6.61 Å². The Morgan fingerprint density at radius 1 is 1.32 bits per heavy atom. The zero-order valence-corrected chi connectivity index (χ0v) is 11.4. The summed E-state index contributed by atoms with van der Waals surface area (Å²) >= 11 is 0. The first-order valence-corrected chi connectivity index (χ1v) is 7.04. The van der Waals surface area contributed by atoms with E-state index in [1.54, 1.807) is 11.8 Å². The van der Waals surface area contributed by atoms with E-state index < -0.39 is 0 Å². The molecule has 2 aliphatic rings. The van der Waals surface area contributed by atoms with E-state index in [0.717, 1.165) is 25.7 Å². The van der Waals surface area contributed by atoms with Crippen LogP contribution in [0.5, 0.6) is 0 Å². The van der Waals surface area contributed by atoms with Crippen molar-refractivity contribution in [1.82, 2.24) is 10.2 Å². The molecule has 6 nitrogen and oxygen atoms in total. The molecule has 2 amide bonds. The Morgan fingerprint density at radius 3 is 2.63 bits per heavy atom. The predicted molar refractivity (Wildman–Crippen MR) is 68.7 cm³/mol. The maximum Gasteiger partial charge on any atom is 0.409 e. The van der Waals surface area contributed by atoms with Crippen molar-refractivity contribution in [3.63, 3.8) is 0 Å². The molecule has 108 valence electrons. The highest BCUT2D eigenvalue weighted by molar-refractivity contribution is 5.81. The van der Waals surface area contributed by atoms with Crippen molar-refractivity contribution < 1.29 is 19.1 Å². The molecular weight excluding hydrogens is 248 g/mol. The van der Waals surface area contributed by atoms with Gasteiger partial charge in [-0.15, -0.1) is 0 Å². The Morgan fingerprint density at radius 2 is 2.05 bits per heavy atom. The number of amides is 2. The Balaban J connectivity index is 1.71. The van der Waals surface area contributed by atoms with Crippen LogP contribution in [0.4, 0.5) is 4.79 Å². The maximum absolute atomic E-state index is 11.9. The van der Waals surface area contributed by atoms with Crippen molar-refractivity contribution in [3.8, 4) is 0 Å². The highest BCUT2D eigenvalue weighted by Crippen LogP contribution is 2.15. The van der Waals surface area contributed by atoms with Gasteiger partial charge in [-0.2, -0.15) is 0 Å². The molecule has 0 spiro atoms. The molecule has 0 saturated carbocycles. The third-order valence-corrected chi connectivity index (χ3v) is 3.59. The van der Waals surface area contributed by atoms with Crippen LogP contribution in [-0.4, -0.2) is 55.3 Å². The lowest BCUT2D eigenvalue weighted by atomic mass is 10.0. The van der Waals surface area contributed by atoms with Crippen LogP contribution in [0, 0.1) is 0 Å². The third-order valence-electron chi connectivity index (χ3n) is 3.59. The van der Waals surface area contributed by atoms with E-state index in [9.17, 15) is 9.59 Å². The quantitative estimate of drug-likeness (QED) is 0.827. The van der Waals surface area contributed by atoms with Gasteiger partial charge < -0.3 is 19.7 Å². The van der Waals surface area contributed by atoms with Crippen LogP contribution >= 0.6 is 0 Å². The van der Waals surface area contributed by atoms with E-state index in [1.807, 2.05) is 0 Å². The molecule has 0 aliphatic carbocycles. The second-order valence-electron chi connectivity index (χ2n) is 4.97. The molecule has 0 radical (unpaired) electrons. The van der Waals surface area contributed by atoms with Gasteiger partial charge in [0, 0.05) is 25.7 Å². The summed E-state index contributed by atoms with van der Waals surface area (Å²) in [6.45, 7) is 4.14. The predicted octanol–water partition coefficient (Wildman–Crippen LogP) is 0.902. The van der Waals surface area contributed by atoms with E-state index in [-0.39, 0.29) is 24.1 Å². The Hall–Kier alpha value is -1.30. The summed E-state index contributed by atoms with van der Waals surface area (Å²) < 4.78 is 10.3. The number of likely N-dealkylation sites (tertiary alicyclic amines) is 1. The smallest absolute Gasteiger partial charge is 0.409 e. The first-order chi connectivity index (χ1) is 9.20. The molecule has 2 saturated heterocycles. The molecule has 0 unspecified atom stereocenters. The summed E-state index contributed by atoms with van der Waals surface area (Å²) in [5.74, 6) is -0.00733. The van der Waals surface area contributed by atoms with E-state index in [4.69, 9.17) is 9.47 Å². The van der Waals surface area contributed by atoms with Gasteiger partial charge in [-0.05, 0) is 32.6 Å². The molecule has 19 heavy (non-hydrogen) atoms. The molecule has 1 atom stereocenters. The molecule has 0 bridgehead atoms. The number of carbonyl (C=O) groups excluding carboxylic acids is 2. The molecule has 2 fully saturated rings. The number of nitrogens with one attached hydrogen (secondary N) is 1. The standard InChI is InChI=1S/C13H22N2O4/c1-2-18-13(17)15-7-5-10(6-8-15)14-12(16)11-4-3-9-19-11/h10-11H,2-9H2,1H3,(H,14,16)/t11-/m0/s1. The fourth-order valence-corrected chi connectivity index (χ4v) is 2.50. The third kappa shape index (κ3) is 3.83. The molecule has 2 heterocycles. The lowest BCUT2D eigenvalue weighted by molar-refractivity contribution is -0.131. The van der Waals surface area contributed by atoms with Crippen molar-refractivity contribution in [3.05, 3.63) is 0 Å². The zero-order chi connectivity index (χ0) is 13.7. The largest absolute Gasteiger partial charge is 0.450 e. The highest BCUT2D eigenvalue weighted by atomic mass is 16.6. The summed E-state index contributed by atoms with van der Waals surface area (Å²) in [4.78, 5) is 25.1. The average molecular weight is 270 g/mol. The minimum atomic E-state index is -0.275. The maximum atomic E-state index is 11.9. The molecule has 0 aromatic heterocycles. The van der Waals surface area contributed by atoms with Crippen molar-refractivity contribution in [2.24, 2.45) is 0 Å². The number of ether oxygens (including phenoxy) is 2. The lowest BCUT2D eigenvalue weighted by Gasteiger charge is -2.32. The monoisotopic (exact) mass is 270 g/mol. The summed E-state index contributed by atoms with van der Waals surface area (Å²) in [7, 11) is 0. The lowest BCUT2D eigenvalue weighted by Crippen LogP contribution is -2.48. The number of hydrogen-bond acceptors (Lipinski definition) is 4. The molecule has 0 aromatic rings. The van der Waals surface area contributed by atoms with Gasteiger partial charge in [0.15, 0.2) is 0 Å². The van der Waals surface area contributed by atoms with Crippen molar-refractivity contribution in [1.29, 1.82) is 0 Å². The number of nitrogens with zero attached hydrogens (tertiary/aromatic N) is 1. The van der Waals surface area contributed by atoms with Crippen LogP contribution in [0.2, 0.25) is 0 Å². The van der Waals surface area contributed by atoms with Crippen LogP contribution in [0.15, 0.2) is 0 Å². The van der Waals surface area contributed by atoms with Gasteiger partial charge in [0.1, 0.15) is 6.10 Å². The van der Waals surface area contributed by atoms with Gasteiger partial charge in [-0.3, -0.25) is 4.79 Å². The van der Waals surface area contributed by atoms with Crippen LogP contribution in [0.25, 0.3) is 0 Å². The van der Waals surface area contributed by atoms with Crippen molar-refractivity contribution in [2.75, 3.05) is 26.3 Å². The first kappa shape index (κ1) is 14.1. The van der Waals surface area contributed by atoms with Gasteiger partial charge in [-0.25, -0.2) is 4.79 Å². The average Bonchev–Trinajstić information content (AvgIpc) is 2.94. The van der Waals surface area contributed by atoms with Crippen LogP contribution in [0.3, 0.4) is 0 Å². The van der Waals surface area contributed by atoms with Gasteiger partial charge in [0.25, 0.3) is 0 Å². The number of piperidine rings is 1. The Bertz CT molecular complexity index is 321. The summed E-state index contributed by atoms with van der Waals surface area (Å²) in [5.41, 5.74) is 0. The highest BCUT2D eigenvalue weighted by Gasteiger charge is 2.28. The first-order valence-electron chi connectivity index (χ1n) is 7.04. The second-order valence-corrected chi connectivity index (χ2v) is 4.97. The molecule has 0 aromatic carbocycles. The van der Waals surface area contributed by atoms with Gasteiger partial charge in [0.2, 0.25) is 5.91 Å². The topological polar surface area (TPSA) is 67.9 Å². The van der Waals surface area contributed by atoms with Crippen molar-refractivity contribution in [2.45, 2.75) is 44.8 Å². The van der Waals surface area contributed by atoms with Crippen LogP contribution in [0.1, 0.15) is 32.6 Å². The molecule has 2 aliphatic heterocycles. The van der Waals surface area contributed by atoms with Crippen LogP contribution < -0.4 is 5.32 Å². The molecule has 6 heteroatoms. The van der Waals surface area contributed by atoms with Crippen molar-refractivity contribution >= 4 is 12.0 Å². The number of rotatable bonds is 3. The fraction of sp³-hybridized carbons (Fsp3) is 0.846. The Kier molecular flexibility index (Phi) is 5.01. The van der Waals surface area contributed by atoms with E-state index in [1.165, 1.54) is 0 Å². The zero-order valence-electron chi connectivity index (χ0n) is 11.4. The summed E-state index contributed by atoms with van der Waals surface area (Å²) in [6, 6.07) is 0.141. The van der Waals surface area contributed by atoms with Crippen LogP contribution in [-0.2, 0) is 14.3 Å². The number of hydrogen-bond donors (Lipinski definition) is 1. The van der Waals surface area contributed by atoms with Gasteiger partial charge in [-0.1, -0.05) is 0 Å². The normalized spacial score (nSPS) is 24.3. The fourth-order valence-electron chi connectivity index (χ4n) is 2.50. The SMILES string of the molecule is CCOC(=O)N1CCC(NC(=O)[C@@H]2CCCO2)CC1. The minimum absolute atomic E-state index is 0.00733. The second kappa shape index (κ2) is 6.75. The molecule has 2 rings (SSSR count). The number of carbonyl (C=O) groups is 2. The summed E-state index contributed by atoms with van der Waals surface area (Å²) in [6.07, 6.45) is 2.79. The van der Waals surface area contributed by atoms with Gasteiger partial charge >= 0.3 is 6.09 Å². The molecule has 1 N–H and O–H groups in total.